The minimum atomic E-state index is 0.752. The first-order valence-electron chi connectivity index (χ1n) is 6.91. The van der Waals surface area contributed by atoms with Crippen molar-refractivity contribution in [1.82, 2.24) is 20.3 Å². The van der Waals surface area contributed by atoms with Gasteiger partial charge in [0.15, 0.2) is 5.13 Å². The second-order valence-corrected chi connectivity index (χ2v) is 5.57. The molecule has 2 rings (SSSR count). The minimum Gasteiger partial charge on any atom is -0.349 e. The van der Waals surface area contributed by atoms with Gasteiger partial charge in [-0.2, -0.15) is 0 Å². The molecule has 0 atom stereocenters. The van der Waals surface area contributed by atoms with Crippen molar-refractivity contribution in [1.29, 1.82) is 0 Å². The van der Waals surface area contributed by atoms with Gasteiger partial charge in [-0.1, -0.05) is 0 Å². The Hall–Kier alpha value is -1.53. The first kappa shape index (κ1) is 14.9. The van der Waals surface area contributed by atoms with Gasteiger partial charge < -0.3 is 10.2 Å². The number of anilines is 1. The highest BCUT2D eigenvalue weighted by Gasteiger charge is 2.07. The van der Waals surface area contributed by atoms with Crippen LogP contribution in [0.5, 0.6) is 0 Å². The predicted octanol–water partition coefficient (Wildman–Crippen LogP) is 2.38. The van der Waals surface area contributed by atoms with E-state index in [0.717, 1.165) is 42.8 Å². The van der Waals surface area contributed by atoms with Gasteiger partial charge in [0.25, 0.3) is 0 Å². The van der Waals surface area contributed by atoms with Crippen LogP contribution in [0.3, 0.4) is 0 Å². The molecule has 0 aliphatic carbocycles. The van der Waals surface area contributed by atoms with Crippen LogP contribution in [0.25, 0.3) is 0 Å². The fraction of sp³-hybridized carbons (Fsp3) is 0.500. The number of hydrogen-bond acceptors (Lipinski definition) is 6. The van der Waals surface area contributed by atoms with E-state index in [9.17, 15) is 0 Å². The van der Waals surface area contributed by atoms with E-state index in [-0.39, 0.29) is 0 Å². The summed E-state index contributed by atoms with van der Waals surface area (Å²) in [5.41, 5.74) is 1.02. The van der Waals surface area contributed by atoms with Crippen LogP contribution in [0.1, 0.15) is 30.2 Å². The summed E-state index contributed by atoms with van der Waals surface area (Å²) in [5, 5.41) is 4.50. The Kier molecular flexibility index (Phi) is 5.43. The van der Waals surface area contributed by atoms with Crippen LogP contribution in [0.15, 0.2) is 18.5 Å². The fourth-order valence-corrected chi connectivity index (χ4v) is 2.94. The number of nitrogens with zero attached hydrogens (tertiary/aromatic N) is 4. The molecule has 2 aromatic heterocycles. The summed E-state index contributed by atoms with van der Waals surface area (Å²) in [6, 6.07) is 1.94. The molecule has 0 unspecified atom stereocenters. The molecule has 0 fully saturated rings. The van der Waals surface area contributed by atoms with Crippen LogP contribution in [-0.4, -0.2) is 28.0 Å². The van der Waals surface area contributed by atoms with Crippen molar-refractivity contribution in [2.45, 2.75) is 33.9 Å². The lowest BCUT2D eigenvalue weighted by molar-refractivity contribution is 0.681. The molecule has 5 nitrogen and oxygen atoms in total. The van der Waals surface area contributed by atoms with Crippen molar-refractivity contribution in [3.8, 4) is 0 Å². The van der Waals surface area contributed by atoms with E-state index in [1.807, 2.05) is 19.2 Å². The van der Waals surface area contributed by atoms with Gasteiger partial charge >= 0.3 is 0 Å². The Bertz CT molecular complexity index is 536. The summed E-state index contributed by atoms with van der Waals surface area (Å²) >= 11 is 1.75. The van der Waals surface area contributed by atoms with Gasteiger partial charge in [-0.3, -0.25) is 0 Å². The maximum atomic E-state index is 4.48. The van der Waals surface area contributed by atoms with Crippen molar-refractivity contribution < 1.29 is 0 Å². The van der Waals surface area contributed by atoms with Gasteiger partial charge in [-0.15, -0.1) is 11.3 Å². The van der Waals surface area contributed by atoms with E-state index < -0.39 is 0 Å². The lowest BCUT2D eigenvalue weighted by atomic mass is 10.4. The summed E-state index contributed by atoms with van der Waals surface area (Å²) in [6.45, 7) is 9.78. The van der Waals surface area contributed by atoms with E-state index in [1.165, 1.54) is 4.88 Å². The Morgan fingerprint density at radius 3 is 2.70 bits per heavy atom. The van der Waals surface area contributed by atoms with Crippen molar-refractivity contribution in [3.63, 3.8) is 0 Å². The van der Waals surface area contributed by atoms with Crippen LogP contribution in [0, 0.1) is 6.92 Å². The predicted molar refractivity (Wildman–Crippen MR) is 83.0 cm³/mol. The number of rotatable bonds is 7. The summed E-state index contributed by atoms with van der Waals surface area (Å²) < 4.78 is 0. The van der Waals surface area contributed by atoms with E-state index in [2.05, 4.69) is 39.0 Å². The third-order valence-electron chi connectivity index (χ3n) is 3.01. The number of aromatic nitrogens is 3. The van der Waals surface area contributed by atoms with E-state index >= 15 is 0 Å². The second kappa shape index (κ2) is 7.31. The van der Waals surface area contributed by atoms with Gasteiger partial charge in [0.2, 0.25) is 0 Å². The Balaban J connectivity index is 1.85. The Morgan fingerprint density at radius 1 is 1.20 bits per heavy atom. The van der Waals surface area contributed by atoms with E-state index in [1.54, 1.807) is 17.5 Å². The van der Waals surface area contributed by atoms with Crippen LogP contribution in [0.4, 0.5) is 5.13 Å². The van der Waals surface area contributed by atoms with Gasteiger partial charge in [-0.25, -0.2) is 15.0 Å². The molecule has 0 aliphatic heterocycles. The molecular weight excluding hydrogens is 270 g/mol. The summed E-state index contributed by atoms with van der Waals surface area (Å²) in [4.78, 5) is 16.5. The maximum absolute atomic E-state index is 4.48. The second-order valence-electron chi connectivity index (χ2n) is 4.48. The highest BCUT2D eigenvalue weighted by molar-refractivity contribution is 7.15. The highest BCUT2D eigenvalue weighted by atomic mass is 32.1. The molecule has 1 N–H and O–H groups in total. The molecule has 108 valence electrons. The van der Waals surface area contributed by atoms with Gasteiger partial charge in [0.1, 0.15) is 5.82 Å². The largest absolute Gasteiger partial charge is 0.349 e. The zero-order chi connectivity index (χ0) is 14.4. The zero-order valence-electron chi connectivity index (χ0n) is 12.3. The topological polar surface area (TPSA) is 53.9 Å². The van der Waals surface area contributed by atoms with Gasteiger partial charge in [-0.05, 0) is 26.8 Å². The molecule has 0 saturated heterocycles. The zero-order valence-corrected chi connectivity index (χ0v) is 13.1. The molecule has 20 heavy (non-hydrogen) atoms. The molecule has 0 radical (unpaired) electrons. The Labute approximate surface area is 124 Å². The Morgan fingerprint density at radius 2 is 2.00 bits per heavy atom. The lowest BCUT2D eigenvalue weighted by Gasteiger charge is -2.16. The number of hydrogen-bond donors (Lipinski definition) is 1. The average Bonchev–Trinajstić information content (AvgIpc) is 2.89. The van der Waals surface area contributed by atoms with Crippen molar-refractivity contribution >= 4 is 16.5 Å². The van der Waals surface area contributed by atoms with Crippen LogP contribution >= 0.6 is 11.3 Å². The van der Waals surface area contributed by atoms with E-state index in [0.29, 0.717) is 0 Å². The lowest BCUT2D eigenvalue weighted by Crippen LogP contribution is -2.21. The van der Waals surface area contributed by atoms with Crippen LogP contribution < -0.4 is 10.2 Å². The van der Waals surface area contributed by atoms with Gasteiger partial charge in [0.05, 0.1) is 5.69 Å². The molecule has 0 amide bonds. The number of nitrogens with one attached hydrogen (secondary N) is 1. The molecule has 2 aromatic rings. The van der Waals surface area contributed by atoms with Gasteiger partial charge in [0, 0.05) is 43.4 Å². The fourth-order valence-electron chi connectivity index (χ4n) is 1.94. The molecule has 6 heteroatoms. The molecular formula is C14H21N5S. The van der Waals surface area contributed by atoms with Crippen molar-refractivity contribution in [2.75, 3.05) is 18.0 Å². The summed E-state index contributed by atoms with van der Waals surface area (Å²) in [5.74, 6) is 0.811. The third kappa shape index (κ3) is 3.98. The quantitative estimate of drug-likeness (QED) is 0.849. The molecule has 0 aromatic carbocycles. The van der Waals surface area contributed by atoms with E-state index in [4.69, 9.17) is 0 Å². The monoisotopic (exact) mass is 291 g/mol. The van der Waals surface area contributed by atoms with Crippen molar-refractivity contribution in [3.05, 3.63) is 34.9 Å². The molecule has 2 heterocycles. The molecule has 0 bridgehead atoms. The minimum absolute atomic E-state index is 0.752. The van der Waals surface area contributed by atoms with Crippen LogP contribution in [-0.2, 0) is 13.1 Å². The summed E-state index contributed by atoms with van der Waals surface area (Å²) in [7, 11) is 0. The molecule has 0 spiro atoms. The maximum Gasteiger partial charge on any atom is 0.185 e. The standard InChI is InChI=1S/C14H21N5S/c1-4-19(5-2)14-17-10-13(20-14)9-15-8-12-6-7-16-11(3)18-12/h6-7,10,15H,4-5,8-9H2,1-3H3. The summed E-state index contributed by atoms with van der Waals surface area (Å²) in [6.07, 6.45) is 3.75. The first-order chi connectivity index (χ1) is 9.72. The first-order valence-corrected chi connectivity index (χ1v) is 7.73. The SMILES string of the molecule is CCN(CC)c1ncc(CNCc2ccnc(C)n2)s1. The van der Waals surface area contributed by atoms with Crippen molar-refractivity contribution in [2.24, 2.45) is 0 Å². The molecule has 0 saturated carbocycles. The number of thiazole rings is 1. The highest BCUT2D eigenvalue weighted by Crippen LogP contribution is 2.21. The van der Waals surface area contributed by atoms with Crippen LogP contribution in [0.2, 0.25) is 0 Å². The third-order valence-corrected chi connectivity index (χ3v) is 4.07. The smallest absolute Gasteiger partial charge is 0.185 e. The normalized spacial score (nSPS) is 10.8. The molecule has 0 aliphatic rings. The number of aryl methyl sites for hydroxylation is 1. The average molecular weight is 291 g/mol.